The molecule has 2 rings (SSSR count). The summed E-state index contributed by atoms with van der Waals surface area (Å²) in [6.45, 7) is 3.12. The normalized spacial score (nSPS) is 18.3. The third-order valence-electron chi connectivity index (χ3n) is 4.21. The second kappa shape index (κ2) is 7.16. The van der Waals surface area contributed by atoms with Gasteiger partial charge in [0.25, 0.3) is 0 Å². The number of ether oxygens (including phenoxy) is 1. The Balaban J connectivity index is 1.92. The van der Waals surface area contributed by atoms with Crippen LogP contribution in [0.5, 0.6) is 5.75 Å². The number of nitrogens with one attached hydrogen (secondary N) is 1. The van der Waals surface area contributed by atoms with Gasteiger partial charge in [-0.1, -0.05) is 30.9 Å². The van der Waals surface area contributed by atoms with Crippen LogP contribution in [0, 0.1) is 5.92 Å². The summed E-state index contributed by atoms with van der Waals surface area (Å²) in [6.07, 6.45) is 6.90. The van der Waals surface area contributed by atoms with Gasteiger partial charge in [0.2, 0.25) is 0 Å². The van der Waals surface area contributed by atoms with E-state index in [-0.39, 0.29) is 0 Å². The monoisotopic (exact) mass is 281 g/mol. The predicted octanol–water partition coefficient (Wildman–Crippen LogP) is 4.41. The summed E-state index contributed by atoms with van der Waals surface area (Å²) in [6, 6.07) is 6.35. The highest BCUT2D eigenvalue weighted by Crippen LogP contribution is 2.27. The SMILES string of the molecule is COc1ccc(Cl)cc1CN[C@@H](C)C1CCCCC1. The average molecular weight is 282 g/mol. The molecule has 0 amide bonds. The maximum absolute atomic E-state index is 6.05. The summed E-state index contributed by atoms with van der Waals surface area (Å²) < 4.78 is 5.38. The molecule has 1 aromatic carbocycles. The van der Waals surface area contributed by atoms with Gasteiger partial charge in [-0.25, -0.2) is 0 Å². The number of halogens is 1. The van der Waals surface area contributed by atoms with Crippen LogP contribution >= 0.6 is 11.6 Å². The van der Waals surface area contributed by atoms with Gasteiger partial charge in [0.15, 0.2) is 0 Å². The van der Waals surface area contributed by atoms with Crippen LogP contribution in [0.15, 0.2) is 18.2 Å². The van der Waals surface area contributed by atoms with E-state index in [9.17, 15) is 0 Å². The molecule has 0 spiro atoms. The second-order valence-electron chi connectivity index (χ2n) is 5.52. The molecule has 1 N–H and O–H groups in total. The lowest BCUT2D eigenvalue weighted by Gasteiger charge is -2.28. The van der Waals surface area contributed by atoms with Crippen LogP contribution in [-0.2, 0) is 6.54 Å². The molecule has 0 radical (unpaired) electrons. The quantitative estimate of drug-likeness (QED) is 0.863. The Hall–Kier alpha value is -0.730. The first-order chi connectivity index (χ1) is 9.20. The third-order valence-corrected chi connectivity index (χ3v) is 4.45. The largest absolute Gasteiger partial charge is 0.496 e. The van der Waals surface area contributed by atoms with Crippen molar-refractivity contribution in [2.24, 2.45) is 5.92 Å². The van der Waals surface area contributed by atoms with Gasteiger partial charge < -0.3 is 10.1 Å². The second-order valence-corrected chi connectivity index (χ2v) is 5.96. The Kier molecular flexibility index (Phi) is 5.53. The molecule has 19 heavy (non-hydrogen) atoms. The molecule has 0 aromatic heterocycles. The molecular weight excluding hydrogens is 258 g/mol. The molecule has 0 saturated heterocycles. The van der Waals surface area contributed by atoms with Gasteiger partial charge in [-0.3, -0.25) is 0 Å². The Morgan fingerprint density at radius 1 is 1.32 bits per heavy atom. The lowest BCUT2D eigenvalue weighted by molar-refractivity contribution is 0.279. The fourth-order valence-corrected chi connectivity index (χ4v) is 3.15. The maximum Gasteiger partial charge on any atom is 0.123 e. The van der Waals surface area contributed by atoms with Gasteiger partial charge >= 0.3 is 0 Å². The van der Waals surface area contributed by atoms with Crippen LogP contribution in [0.2, 0.25) is 5.02 Å². The lowest BCUT2D eigenvalue weighted by Crippen LogP contribution is -2.34. The summed E-state index contributed by atoms with van der Waals surface area (Å²) >= 11 is 6.05. The predicted molar refractivity (Wildman–Crippen MR) is 80.9 cm³/mol. The molecule has 0 aliphatic heterocycles. The molecule has 1 aliphatic carbocycles. The zero-order valence-electron chi connectivity index (χ0n) is 11.9. The van der Waals surface area contributed by atoms with Gasteiger partial charge in [0, 0.05) is 23.2 Å². The zero-order chi connectivity index (χ0) is 13.7. The molecular formula is C16H24ClNO. The van der Waals surface area contributed by atoms with Crippen molar-refractivity contribution in [1.29, 1.82) is 0 Å². The summed E-state index contributed by atoms with van der Waals surface area (Å²) in [5, 5.41) is 4.40. The van der Waals surface area contributed by atoms with Crippen LogP contribution in [-0.4, -0.2) is 13.2 Å². The van der Waals surface area contributed by atoms with Gasteiger partial charge in [-0.05, 0) is 43.9 Å². The van der Waals surface area contributed by atoms with E-state index in [1.165, 1.54) is 32.1 Å². The summed E-state index contributed by atoms with van der Waals surface area (Å²) in [4.78, 5) is 0. The van der Waals surface area contributed by atoms with Gasteiger partial charge in [-0.2, -0.15) is 0 Å². The van der Waals surface area contributed by atoms with Crippen molar-refractivity contribution < 1.29 is 4.74 Å². The summed E-state index contributed by atoms with van der Waals surface area (Å²) in [5.41, 5.74) is 1.14. The van der Waals surface area contributed by atoms with Crippen molar-refractivity contribution in [1.82, 2.24) is 5.32 Å². The van der Waals surface area contributed by atoms with E-state index >= 15 is 0 Å². The molecule has 1 atom stereocenters. The third kappa shape index (κ3) is 4.12. The smallest absolute Gasteiger partial charge is 0.123 e. The number of rotatable bonds is 5. The molecule has 3 heteroatoms. The standard InChI is InChI=1S/C16H24ClNO/c1-12(13-6-4-3-5-7-13)18-11-14-10-15(17)8-9-16(14)19-2/h8-10,12-13,18H,3-7,11H2,1-2H3/t12-/m0/s1. The lowest BCUT2D eigenvalue weighted by atomic mass is 9.84. The van der Waals surface area contributed by atoms with Gasteiger partial charge in [0.1, 0.15) is 5.75 Å². The van der Waals surface area contributed by atoms with Crippen LogP contribution < -0.4 is 10.1 Å². The van der Waals surface area contributed by atoms with Crippen LogP contribution in [0.4, 0.5) is 0 Å². The topological polar surface area (TPSA) is 21.3 Å². The van der Waals surface area contributed by atoms with Crippen LogP contribution in [0.25, 0.3) is 0 Å². The minimum atomic E-state index is 0.559. The van der Waals surface area contributed by atoms with E-state index < -0.39 is 0 Å². The minimum Gasteiger partial charge on any atom is -0.496 e. The van der Waals surface area contributed by atoms with E-state index in [1.807, 2.05) is 18.2 Å². The van der Waals surface area contributed by atoms with Crippen molar-refractivity contribution in [3.05, 3.63) is 28.8 Å². The van der Waals surface area contributed by atoms with E-state index in [4.69, 9.17) is 16.3 Å². The van der Waals surface area contributed by atoms with Gasteiger partial charge in [-0.15, -0.1) is 0 Å². The number of methoxy groups -OCH3 is 1. The van der Waals surface area contributed by atoms with Crippen molar-refractivity contribution in [3.63, 3.8) is 0 Å². The van der Waals surface area contributed by atoms with E-state index in [0.29, 0.717) is 6.04 Å². The highest BCUT2D eigenvalue weighted by molar-refractivity contribution is 6.30. The molecule has 1 aliphatic rings. The Labute approximate surface area is 121 Å². The minimum absolute atomic E-state index is 0.559. The highest BCUT2D eigenvalue weighted by Gasteiger charge is 2.19. The van der Waals surface area contributed by atoms with Crippen molar-refractivity contribution in [2.75, 3.05) is 7.11 Å². The Morgan fingerprint density at radius 3 is 2.74 bits per heavy atom. The summed E-state index contributed by atoms with van der Waals surface area (Å²) in [5.74, 6) is 1.73. The fourth-order valence-electron chi connectivity index (χ4n) is 2.96. The molecule has 2 nitrogen and oxygen atoms in total. The average Bonchev–Trinajstić information content (AvgIpc) is 2.46. The van der Waals surface area contributed by atoms with Gasteiger partial charge in [0.05, 0.1) is 7.11 Å². The Morgan fingerprint density at radius 2 is 2.05 bits per heavy atom. The number of hydrogen-bond donors (Lipinski definition) is 1. The van der Waals surface area contributed by atoms with E-state index in [1.54, 1.807) is 7.11 Å². The van der Waals surface area contributed by atoms with Crippen molar-refractivity contribution in [2.45, 2.75) is 51.6 Å². The van der Waals surface area contributed by atoms with E-state index in [2.05, 4.69) is 12.2 Å². The highest BCUT2D eigenvalue weighted by atomic mass is 35.5. The number of hydrogen-bond acceptors (Lipinski definition) is 2. The van der Waals surface area contributed by atoms with Crippen LogP contribution in [0.3, 0.4) is 0 Å². The molecule has 1 aromatic rings. The summed E-state index contributed by atoms with van der Waals surface area (Å²) in [7, 11) is 1.71. The molecule has 1 fully saturated rings. The number of benzene rings is 1. The first-order valence-corrected chi connectivity index (χ1v) is 7.64. The van der Waals surface area contributed by atoms with E-state index in [0.717, 1.165) is 28.8 Å². The molecule has 0 unspecified atom stereocenters. The fraction of sp³-hybridized carbons (Fsp3) is 0.625. The molecule has 0 bridgehead atoms. The molecule has 0 heterocycles. The molecule has 106 valence electrons. The first-order valence-electron chi connectivity index (χ1n) is 7.26. The van der Waals surface area contributed by atoms with Crippen molar-refractivity contribution >= 4 is 11.6 Å². The molecule has 1 saturated carbocycles. The first kappa shape index (κ1) is 14.7. The zero-order valence-corrected chi connectivity index (χ0v) is 12.7. The maximum atomic E-state index is 6.05. The van der Waals surface area contributed by atoms with Crippen molar-refractivity contribution in [3.8, 4) is 5.75 Å². The Bertz CT molecular complexity index is 402. The van der Waals surface area contributed by atoms with Crippen LogP contribution in [0.1, 0.15) is 44.6 Å².